The van der Waals surface area contributed by atoms with E-state index < -0.39 is 11.6 Å². The Morgan fingerprint density at radius 2 is 1.91 bits per heavy atom. The van der Waals surface area contributed by atoms with Gasteiger partial charge in [-0.05, 0) is 25.3 Å². The Labute approximate surface area is 68.6 Å². The zero-order valence-corrected chi connectivity index (χ0v) is 7.14. The van der Waals surface area contributed by atoms with Gasteiger partial charge < -0.3 is 0 Å². The smallest absolute Gasteiger partial charge is 0.162 e. The van der Waals surface area contributed by atoms with Crippen molar-refractivity contribution in [3.63, 3.8) is 0 Å². The number of thioether (sulfide) groups is 1. The Hall–Kier alpha value is -0.570. The van der Waals surface area contributed by atoms with E-state index in [2.05, 4.69) is 0 Å². The minimum atomic E-state index is -0.778. The van der Waals surface area contributed by atoms with Crippen molar-refractivity contribution in [2.45, 2.75) is 11.8 Å². The quantitative estimate of drug-likeness (QED) is 0.590. The maximum Gasteiger partial charge on any atom is 0.162 e. The highest BCUT2D eigenvalue weighted by Crippen LogP contribution is 2.23. The molecule has 60 valence electrons. The minimum Gasteiger partial charge on any atom is -0.204 e. The molecule has 0 aliphatic carbocycles. The molecule has 0 radical (unpaired) electrons. The van der Waals surface area contributed by atoms with Crippen LogP contribution in [-0.2, 0) is 0 Å². The van der Waals surface area contributed by atoms with Crippen molar-refractivity contribution in [2.75, 3.05) is 6.26 Å². The third-order valence-electron chi connectivity index (χ3n) is 1.51. The molecule has 0 fully saturated rings. The molecule has 0 nitrogen and oxygen atoms in total. The highest BCUT2D eigenvalue weighted by molar-refractivity contribution is 7.98. The predicted molar refractivity (Wildman–Crippen MR) is 42.9 cm³/mol. The monoisotopic (exact) mass is 174 g/mol. The van der Waals surface area contributed by atoms with E-state index in [9.17, 15) is 8.78 Å². The van der Waals surface area contributed by atoms with E-state index in [1.807, 2.05) is 6.26 Å². The van der Waals surface area contributed by atoms with Crippen molar-refractivity contribution in [3.05, 3.63) is 29.3 Å². The van der Waals surface area contributed by atoms with E-state index in [4.69, 9.17) is 0 Å². The van der Waals surface area contributed by atoms with Crippen molar-refractivity contribution in [3.8, 4) is 0 Å². The van der Waals surface area contributed by atoms with E-state index in [0.29, 0.717) is 5.56 Å². The molecule has 3 heteroatoms. The Morgan fingerprint density at radius 1 is 1.27 bits per heavy atom. The molecule has 0 aromatic heterocycles. The molecule has 0 unspecified atom stereocenters. The molecule has 0 saturated heterocycles. The van der Waals surface area contributed by atoms with Crippen LogP contribution >= 0.6 is 11.8 Å². The van der Waals surface area contributed by atoms with Crippen LogP contribution in [0.5, 0.6) is 0 Å². The second-order valence-corrected chi connectivity index (χ2v) is 3.04. The van der Waals surface area contributed by atoms with Gasteiger partial charge in [-0.1, -0.05) is 0 Å². The zero-order chi connectivity index (χ0) is 8.43. The van der Waals surface area contributed by atoms with Crippen LogP contribution in [0.2, 0.25) is 0 Å². The fraction of sp³-hybridized carbons (Fsp3) is 0.250. The van der Waals surface area contributed by atoms with Gasteiger partial charge in [-0.15, -0.1) is 11.8 Å². The van der Waals surface area contributed by atoms with Gasteiger partial charge in [0.25, 0.3) is 0 Å². The van der Waals surface area contributed by atoms with Crippen LogP contribution < -0.4 is 0 Å². The average Bonchev–Trinajstić information content (AvgIpc) is 2.01. The second-order valence-electron chi connectivity index (χ2n) is 2.19. The van der Waals surface area contributed by atoms with Gasteiger partial charge in [0.2, 0.25) is 0 Å². The maximum atomic E-state index is 12.8. The normalized spacial score (nSPS) is 10.2. The summed E-state index contributed by atoms with van der Waals surface area (Å²) in [5.74, 6) is -1.52. The lowest BCUT2D eigenvalue weighted by Gasteiger charge is -2.02. The number of halogens is 2. The zero-order valence-electron chi connectivity index (χ0n) is 6.32. The number of hydrogen-bond donors (Lipinski definition) is 0. The SMILES string of the molecule is CSc1ccc(F)c(F)c1C. The summed E-state index contributed by atoms with van der Waals surface area (Å²) in [5.41, 5.74) is 0.387. The summed E-state index contributed by atoms with van der Waals surface area (Å²) in [6.07, 6.45) is 1.83. The van der Waals surface area contributed by atoms with E-state index in [1.54, 1.807) is 13.0 Å². The first-order chi connectivity index (χ1) is 5.16. The predicted octanol–water partition coefficient (Wildman–Crippen LogP) is 3.00. The van der Waals surface area contributed by atoms with Crippen LogP contribution in [-0.4, -0.2) is 6.26 Å². The van der Waals surface area contributed by atoms with Crippen LogP contribution in [0.3, 0.4) is 0 Å². The molecule has 0 aliphatic rings. The van der Waals surface area contributed by atoms with Gasteiger partial charge in [0.15, 0.2) is 11.6 Å². The van der Waals surface area contributed by atoms with E-state index in [-0.39, 0.29) is 0 Å². The fourth-order valence-corrected chi connectivity index (χ4v) is 1.46. The molecule has 0 spiro atoms. The Balaban J connectivity index is 3.25. The molecule has 11 heavy (non-hydrogen) atoms. The summed E-state index contributed by atoms with van der Waals surface area (Å²) in [7, 11) is 0. The summed E-state index contributed by atoms with van der Waals surface area (Å²) in [4.78, 5) is 0.781. The van der Waals surface area contributed by atoms with Gasteiger partial charge in [0, 0.05) is 10.5 Å². The van der Waals surface area contributed by atoms with Gasteiger partial charge in [0.1, 0.15) is 0 Å². The summed E-state index contributed by atoms with van der Waals surface area (Å²) in [6, 6.07) is 2.73. The van der Waals surface area contributed by atoms with E-state index in [0.717, 1.165) is 11.0 Å². The van der Waals surface area contributed by atoms with Crippen molar-refractivity contribution in [1.82, 2.24) is 0 Å². The Bertz CT molecular complexity index is 271. The largest absolute Gasteiger partial charge is 0.204 e. The minimum absolute atomic E-state index is 0.387. The van der Waals surface area contributed by atoms with Crippen LogP contribution in [0.4, 0.5) is 8.78 Å². The van der Waals surface area contributed by atoms with Crippen LogP contribution in [0, 0.1) is 18.6 Å². The first kappa shape index (κ1) is 8.53. The number of hydrogen-bond acceptors (Lipinski definition) is 1. The van der Waals surface area contributed by atoms with Crippen LogP contribution in [0.15, 0.2) is 17.0 Å². The molecular weight excluding hydrogens is 166 g/mol. The molecule has 0 saturated carbocycles. The molecule has 0 amide bonds. The van der Waals surface area contributed by atoms with Gasteiger partial charge in [-0.2, -0.15) is 0 Å². The Kier molecular flexibility index (Phi) is 2.49. The van der Waals surface area contributed by atoms with Gasteiger partial charge >= 0.3 is 0 Å². The summed E-state index contributed by atoms with van der Waals surface area (Å²) in [5, 5.41) is 0. The van der Waals surface area contributed by atoms with Crippen LogP contribution in [0.1, 0.15) is 5.56 Å². The Morgan fingerprint density at radius 3 is 2.45 bits per heavy atom. The fourth-order valence-electron chi connectivity index (χ4n) is 0.855. The lowest BCUT2D eigenvalue weighted by atomic mass is 10.2. The van der Waals surface area contributed by atoms with Crippen molar-refractivity contribution >= 4 is 11.8 Å². The van der Waals surface area contributed by atoms with Gasteiger partial charge in [-0.25, -0.2) is 8.78 Å². The van der Waals surface area contributed by atoms with Crippen molar-refractivity contribution in [1.29, 1.82) is 0 Å². The molecule has 0 aliphatic heterocycles. The molecule has 0 N–H and O–H groups in total. The van der Waals surface area contributed by atoms with Crippen LogP contribution in [0.25, 0.3) is 0 Å². The molecule has 0 bridgehead atoms. The lowest BCUT2D eigenvalue weighted by Crippen LogP contribution is -1.90. The molecule has 1 aromatic rings. The molecule has 1 rings (SSSR count). The molecular formula is C8H8F2S. The maximum absolute atomic E-state index is 12.8. The van der Waals surface area contributed by atoms with Gasteiger partial charge in [0.05, 0.1) is 0 Å². The topological polar surface area (TPSA) is 0 Å². The molecule has 0 heterocycles. The highest BCUT2D eigenvalue weighted by Gasteiger charge is 2.07. The summed E-state index contributed by atoms with van der Waals surface area (Å²) < 4.78 is 25.3. The first-order valence-corrected chi connectivity index (χ1v) is 4.38. The first-order valence-electron chi connectivity index (χ1n) is 3.15. The lowest BCUT2D eigenvalue weighted by molar-refractivity contribution is 0.499. The third kappa shape index (κ3) is 1.53. The third-order valence-corrected chi connectivity index (χ3v) is 2.39. The highest BCUT2D eigenvalue weighted by atomic mass is 32.2. The van der Waals surface area contributed by atoms with Gasteiger partial charge in [-0.3, -0.25) is 0 Å². The summed E-state index contributed by atoms with van der Waals surface area (Å²) in [6.45, 7) is 1.57. The molecule has 1 aromatic carbocycles. The number of benzene rings is 1. The number of rotatable bonds is 1. The summed E-state index contributed by atoms with van der Waals surface area (Å²) >= 11 is 1.41. The molecule has 0 atom stereocenters. The second kappa shape index (κ2) is 3.22. The van der Waals surface area contributed by atoms with Crippen molar-refractivity contribution < 1.29 is 8.78 Å². The average molecular weight is 174 g/mol. The van der Waals surface area contributed by atoms with E-state index >= 15 is 0 Å². The van der Waals surface area contributed by atoms with Crippen molar-refractivity contribution in [2.24, 2.45) is 0 Å². The van der Waals surface area contributed by atoms with E-state index in [1.165, 1.54) is 11.8 Å². The standard InChI is InChI=1S/C8H8F2S/c1-5-7(11-2)4-3-6(9)8(5)10/h3-4H,1-2H3.